The zero-order valence-corrected chi connectivity index (χ0v) is 18.4. The van der Waals surface area contributed by atoms with Gasteiger partial charge < -0.3 is 10.1 Å². The number of ether oxygens (including phenoxy) is 1. The van der Waals surface area contributed by atoms with Crippen molar-refractivity contribution in [2.45, 2.75) is 20.8 Å². The molecule has 2 amide bonds. The molecule has 0 aliphatic carbocycles. The number of hydrogen-bond acceptors (Lipinski definition) is 4. The third-order valence-electron chi connectivity index (χ3n) is 5.18. The molecule has 0 aromatic heterocycles. The molecule has 168 valence electrons. The van der Waals surface area contributed by atoms with E-state index < -0.39 is 23.4 Å². The average molecular weight is 448 g/mol. The zero-order valence-electron chi connectivity index (χ0n) is 18.4. The van der Waals surface area contributed by atoms with Gasteiger partial charge >= 0.3 is 0 Å². The van der Waals surface area contributed by atoms with Gasteiger partial charge in [0.25, 0.3) is 11.8 Å². The predicted octanol–water partition coefficient (Wildman–Crippen LogP) is 5.38. The molecule has 4 rings (SSSR count). The van der Waals surface area contributed by atoms with E-state index in [0.717, 1.165) is 28.2 Å². The van der Waals surface area contributed by atoms with Crippen LogP contribution in [0.2, 0.25) is 0 Å². The Morgan fingerprint density at radius 2 is 1.55 bits per heavy atom. The number of hydrogen-bond donors (Lipinski definition) is 1. The molecule has 3 aromatic rings. The second-order valence-corrected chi connectivity index (χ2v) is 7.75. The van der Waals surface area contributed by atoms with Crippen LogP contribution in [0.3, 0.4) is 0 Å². The van der Waals surface area contributed by atoms with Crippen LogP contribution >= 0.6 is 0 Å². The molecule has 3 aromatic carbocycles. The Hall–Kier alpha value is -4.00. The van der Waals surface area contributed by atoms with Crippen molar-refractivity contribution in [1.29, 1.82) is 0 Å². The van der Waals surface area contributed by atoms with Crippen molar-refractivity contribution in [1.82, 2.24) is 0 Å². The first kappa shape index (κ1) is 22.2. The van der Waals surface area contributed by atoms with Crippen LogP contribution in [0.15, 0.2) is 66.4 Å². The number of nitrogens with zero attached hydrogens (tertiary/aromatic N) is 1. The molecule has 1 N–H and O–H groups in total. The van der Waals surface area contributed by atoms with Gasteiger partial charge in [-0.1, -0.05) is 18.2 Å². The van der Waals surface area contributed by atoms with Crippen molar-refractivity contribution in [3.05, 3.63) is 94.7 Å². The normalized spacial score (nSPS) is 13.7. The van der Waals surface area contributed by atoms with Gasteiger partial charge in [-0.2, -0.15) is 0 Å². The van der Waals surface area contributed by atoms with E-state index in [4.69, 9.17) is 4.74 Å². The van der Waals surface area contributed by atoms with Gasteiger partial charge in [0, 0.05) is 11.8 Å². The molecule has 0 atom stereocenters. The molecule has 7 heteroatoms. The summed E-state index contributed by atoms with van der Waals surface area (Å²) in [5.74, 6) is -2.63. The lowest BCUT2D eigenvalue weighted by Gasteiger charge is -2.16. The monoisotopic (exact) mass is 448 g/mol. The highest BCUT2D eigenvalue weighted by Gasteiger charge is 2.41. The largest absolute Gasteiger partial charge is 0.494 e. The fourth-order valence-corrected chi connectivity index (χ4v) is 3.87. The van der Waals surface area contributed by atoms with Crippen molar-refractivity contribution in [3.63, 3.8) is 0 Å². The highest BCUT2D eigenvalue weighted by Crippen LogP contribution is 2.35. The molecular formula is C26H22F2N2O3. The maximum absolute atomic E-state index is 14.5. The van der Waals surface area contributed by atoms with E-state index in [2.05, 4.69) is 5.32 Å². The lowest BCUT2D eigenvalue weighted by atomic mass is 10.0. The van der Waals surface area contributed by atoms with Crippen LogP contribution in [0.25, 0.3) is 5.57 Å². The Balaban J connectivity index is 1.83. The first-order valence-electron chi connectivity index (χ1n) is 10.4. The van der Waals surface area contributed by atoms with Crippen molar-refractivity contribution >= 4 is 28.8 Å². The van der Waals surface area contributed by atoms with Gasteiger partial charge in [0.05, 0.1) is 17.9 Å². The van der Waals surface area contributed by atoms with E-state index in [9.17, 15) is 18.4 Å². The Labute approximate surface area is 190 Å². The van der Waals surface area contributed by atoms with Gasteiger partial charge in [0.1, 0.15) is 23.1 Å². The summed E-state index contributed by atoms with van der Waals surface area (Å²) in [7, 11) is 0. The minimum absolute atomic E-state index is 0.0119. The molecule has 5 nitrogen and oxygen atoms in total. The first-order valence-corrected chi connectivity index (χ1v) is 10.4. The topological polar surface area (TPSA) is 58.6 Å². The van der Waals surface area contributed by atoms with Crippen LogP contribution in [0, 0.1) is 25.5 Å². The quantitative estimate of drug-likeness (QED) is 0.515. The Kier molecular flexibility index (Phi) is 5.96. The number of anilines is 2. The molecule has 0 saturated carbocycles. The van der Waals surface area contributed by atoms with E-state index in [-0.39, 0.29) is 17.0 Å². The standard InChI is InChI=1S/C26H22F2N2O3/c1-4-33-20-8-5-17(6-9-20)23-24(29-19-12-15(2)11-16(3)13-19)26(32)30(25(23)31)22-10-7-18(27)14-21(22)28/h5-14,29H,4H2,1-3H3. The van der Waals surface area contributed by atoms with Gasteiger partial charge in [-0.3, -0.25) is 9.59 Å². The zero-order chi connectivity index (χ0) is 23.7. The van der Waals surface area contributed by atoms with Crippen LogP contribution in [0.5, 0.6) is 5.75 Å². The maximum atomic E-state index is 14.5. The number of benzene rings is 3. The van der Waals surface area contributed by atoms with Crippen LogP contribution in [0.1, 0.15) is 23.6 Å². The third-order valence-corrected chi connectivity index (χ3v) is 5.18. The SMILES string of the molecule is CCOc1ccc(C2=C(Nc3cc(C)cc(C)c3)C(=O)N(c3ccc(F)cc3F)C2=O)cc1. The third kappa shape index (κ3) is 4.35. The minimum Gasteiger partial charge on any atom is -0.494 e. The molecular weight excluding hydrogens is 426 g/mol. The smallest absolute Gasteiger partial charge is 0.282 e. The number of aryl methyl sites for hydroxylation is 2. The highest BCUT2D eigenvalue weighted by molar-refractivity contribution is 6.46. The van der Waals surface area contributed by atoms with Crippen LogP contribution < -0.4 is 15.0 Å². The summed E-state index contributed by atoms with van der Waals surface area (Å²) in [6.45, 7) is 6.18. The molecule has 0 bridgehead atoms. The van der Waals surface area contributed by atoms with Gasteiger partial charge in [-0.15, -0.1) is 0 Å². The number of imide groups is 1. The summed E-state index contributed by atoms with van der Waals surface area (Å²) in [5.41, 5.74) is 2.82. The van der Waals surface area contributed by atoms with Gasteiger partial charge in [0.2, 0.25) is 0 Å². The summed E-state index contributed by atoms with van der Waals surface area (Å²) in [4.78, 5) is 27.5. The van der Waals surface area contributed by atoms with Crippen molar-refractivity contribution in [2.24, 2.45) is 0 Å². The van der Waals surface area contributed by atoms with Crippen molar-refractivity contribution in [3.8, 4) is 5.75 Å². The molecule has 1 heterocycles. The molecule has 33 heavy (non-hydrogen) atoms. The molecule has 0 radical (unpaired) electrons. The fourth-order valence-electron chi connectivity index (χ4n) is 3.87. The predicted molar refractivity (Wildman–Crippen MR) is 123 cm³/mol. The van der Waals surface area contributed by atoms with E-state index in [1.807, 2.05) is 39.0 Å². The lowest BCUT2D eigenvalue weighted by Crippen LogP contribution is -2.33. The highest BCUT2D eigenvalue weighted by atomic mass is 19.1. The van der Waals surface area contributed by atoms with Gasteiger partial charge in [-0.05, 0) is 73.9 Å². The molecule has 0 spiro atoms. The number of carbonyl (C=O) groups excluding carboxylic acids is 2. The molecule has 1 aliphatic rings. The second-order valence-electron chi connectivity index (χ2n) is 7.75. The summed E-state index contributed by atoms with van der Waals surface area (Å²) in [5, 5.41) is 3.06. The lowest BCUT2D eigenvalue weighted by molar-refractivity contribution is -0.120. The Morgan fingerprint density at radius 3 is 2.15 bits per heavy atom. The number of halogens is 2. The van der Waals surface area contributed by atoms with Crippen LogP contribution in [0.4, 0.5) is 20.2 Å². The van der Waals surface area contributed by atoms with Crippen LogP contribution in [-0.2, 0) is 9.59 Å². The van der Waals surface area contributed by atoms with E-state index in [1.165, 1.54) is 0 Å². The Morgan fingerprint density at radius 1 is 0.879 bits per heavy atom. The van der Waals surface area contributed by atoms with E-state index in [1.54, 1.807) is 24.3 Å². The molecule has 0 unspecified atom stereocenters. The fraction of sp³-hybridized carbons (Fsp3) is 0.154. The summed E-state index contributed by atoms with van der Waals surface area (Å²) >= 11 is 0. The summed E-state index contributed by atoms with van der Waals surface area (Å²) in [6.07, 6.45) is 0. The first-order chi connectivity index (χ1) is 15.8. The molecule has 0 saturated heterocycles. The maximum Gasteiger partial charge on any atom is 0.282 e. The molecule has 1 aliphatic heterocycles. The van der Waals surface area contributed by atoms with Crippen molar-refractivity contribution < 1.29 is 23.1 Å². The number of carbonyl (C=O) groups is 2. The number of amides is 2. The second kappa shape index (κ2) is 8.86. The number of rotatable bonds is 6. The minimum atomic E-state index is -1.00. The average Bonchev–Trinajstić information content (AvgIpc) is 2.98. The van der Waals surface area contributed by atoms with Gasteiger partial charge in [0.15, 0.2) is 0 Å². The van der Waals surface area contributed by atoms with E-state index >= 15 is 0 Å². The van der Waals surface area contributed by atoms with Gasteiger partial charge in [-0.25, -0.2) is 13.7 Å². The molecule has 0 fully saturated rings. The Bertz CT molecular complexity index is 1260. The summed E-state index contributed by atoms with van der Waals surface area (Å²) in [6, 6.07) is 15.1. The number of nitrogens with one attached hydrogen (secondary N) is 1. The van der Waals surface area contributed by atoms with Crippen LogP contribution in [-0.4, -0.2) is 18.4 Å². The summed E-state index contributed by atoms with van der Waals surface area (Å²) < 4.78 is 33.4. The van der Waals surface area contributed by atoms with Crippen molar-refractivity contribution in [2.75, 3.05) is 16.8 Å². The van der Waals surface area contributed by atoms with E-state index in [0.29, 0.717) is 29.7 Å².